The second kappa shape index (κ2) is 7.58. The number of aromatic nitrogens is 3. The summed E-state index contributed by atoms with van der Waals surface area (Å²) in [5.41, 5.74) is 9.13. The fourth-order valence-electron chi connectivity index (χ4n) is 2.68. The van der Waals surface area contributed by atoms with E-state index in [4.69, 9.17) is 5.73 Å². The van der Waals surface area contributed by atoms with Gasteiger partial charge < -0.3 is 16.4 Å². The standard InChI is InChI=1S/C17H22N6/c18-15-16(20-11-6-13-4-2-1-3-5-13)21-12-22-17(15)23-14-7-9-19-10-8-14/h4,7-10,12H,1-3,5-6,11,18H2,(H2,19,20,21,22,23). The van der Waals surface area contributed by atoms with Crippen LogP contribution < -0.4 is 16.4 Å². The van der Waals surface area contributed by atoms with Gasteiger partial charge in [-0.15, -0.1) is 0 Å². The summed E-state index contributed by atoms with van der Waals surface area (Å²) in [6.45, 7) is 0.835. The van der Waals surface area contributed by atoms with Crippen molar-refractivity contribution in [1.29, 1.82) is 0 Å². The lowest BCUT2D eigenvalue weighted by Gasteiger charge is -2.15. The van der Waals surface area contributed by atoms with Gasteiger partial charge in [-0.2, -0.15) is 0 Å². The molecule has 3 rings (SSSR count). The summed E-state index contributed by atoms with van der Waals surface area (Å²) in [7, 11) is 0. The molecule has 0 saturated carbocycles. The van der Waals surface area contributed by atoms with Crippen molar-refractivity contribution in [2.24, 2.45) is 0 Å². The van der Waals surface area contributed by atoms with Crippen molar-refractivity contribution in [2.45, 2.75) is 32.1 Å². The van der Waals surface area contributed by atoms with Gasteiger partial charge in [-0.25, -0.2) is 9.97 Å². The molecule has 0 fully saturated rings. The van der Waals surface area contributed by atoms with Crippen LogP contribution in [-0.2, 0) is 0 Å². The van der Waals surface area contributed by atoms with Gasteiger partial charge in [0.1, 0.15) is 12.0 Å². The number of allylic oxidation sites excluding steroid dienone is 1. The Hall–Kier alpha value is -2.63. The molecule has 0 aromatic carbocycles. The molecule has 2 aromatic heterocycles. The average Bonchev–Trinajstić information content (AvgIpc) is 2.60. The van der Waals surface area contributed by atoms with Crippen molar-refractivity contribution in [3.8, 4) is 0 Å². The zero-order valence-corrected chi connectivity index (χ0v) is 13.1. The summed E-state index contributed by atoms with van der Waals surface area (Å²) < 4.78 is 0. The first-order valence-corrected chi connectivity index (χ1v) is 8.02. The van der Waals surface area contributed by atoms with E-state index >= 15 is 0 Å². The second-order valence-electron chi connectivity index (χ2n) is 5.63. The molecular formula is C17H22N6. The van der Waals surface area contributed by atoms with E-state index in [-0.39, 0.29) is 0 Å². The zero-order valence-electron chi connectivity index (χ0n) is 13.1. The molecule has 1 aliphatic carbocycles. The highest BCUT2D eigenvalue weighted by molar-refractivity contribution is 5.77. The van der Waals surface area contributed by atoms with Gasteiger partial charge in [-0.1, -0.05) is 11.6 Å². The average molecular weight is 310 g/mol. The summed E-state index contributed by atoms with van der Waals surface area (Å²) in [4.78, 5) is 12.4. The van der Waals surface area contributed by atoms with Gasteiger partial charge >= 0.3 is 0 Å². The maximum Gasteiger partial charge on any atom is 0.159 e. The lowest BCUT2D eigenvalue weighted by molar-refractivity contribution is 0.679. The molecule has 1 aliphatic rings. The van der Waals surface area contributed by atoms with Gasteiger partial charge in [-0.05, 0) is 44.2 Å². The fraction of sp³-hybridized carbons (Fsp3) is 0.353. The molecule has 2 heterocycles. The van der Waals surface area contributed by atoms with Crippen LogP contribution in [0.25, 0.3) is 0 Å². The third kappa shape index (κ3) is 4.18. The Bertz CT molecular complexity index is 668. The van der Waals surface area contributed by atoms with Crippen LogP contribution in [0.3, 0.4) is 0 Å². The van der Waals surface area contributed by atoms with Crippen LogP contribution in [0.1, 0.15) is 32.1 Å². The van der Waals surface area contributed by atoms with E-state index in [1.54, 1.807) is 12.4 Å². The number of hydrogen-bond donors (Lipinski definition) is 3. The molecule has 6 heteroatoms. The summed E-state index contributed by atoms with van der Waals surface area (Å²) >= 11 is 0. The molecule has 6 nitrogen and oxygen atoms in total. The SMILES string of the molecule is Nc1c(NCCC2=CCCCC2)ncnc1Nc1ccncc1. The largest absolute Gasteiger partial charge is 0.393 e. The molecule has 0 amide bonds. The molecule has 0 spiro atoms. The van der Waals surface area contributed by atoms with Crippen LogP contribution in [-0.4, -0.2) is 21.5 Å². The summed E-state index contributed by atoms with van der Waals surface area (Å²) in [5.74, 6) is 1.28. The Kier molecular flexibility index (Phi) is 5.03. The highest BCUT2D eigenvalue weighted by Gasteiger charge is 2.09. The summed E-state index contributed by atoms with van der Waals surface area (Å²) in [5, 5.41) is 6.50. The molecule has 0 atom stereocenters. The minimum absolute atomic E-state index is 0.530. The van der Waals surface area contributed by atoms with E-state index in [0.29, 0.717) is 17.3 Å². The molecule has 0 aliphatic heterocycles. The smallest absolute Gasteiger partial charge is 0.159 e. The molecule has 0 unspecified atom stereocenters. The predicted octanol–water partition coefficient (Wildman–Crippen LogP) is 3.50. The minimum atomic E-state index is 0.530. The second-order valence-corrected chi connectivity index (χ2v) is 5.63. The number of pyridine rings is 1. The van der Waals surface area contributed by atoms with E-state index < -0.39 is 0 Å². The van der Waals surface area contributed by atoms with E-state index in [2.05, 4.69) is 31.7 Å². The van der Waals surface area contributed by atoms with Crippen LogP contribution in [0.15, 0.2) is 42.5 Å². The highest BCUT2D eigenvalue weighted by atomic mass is 15.1. The normalized spacial score (nSPS) is 14.2. The lowest BCUT2D eigenvalue weighted by atomic mass is 9.97. The number of nitrogens with two attached hydrogens (primary N) is 1. The van der Waals surface area contributed by atoms with Crippen LogP contribution in [0, 0.1) is 0 Å². The Morgan fingerprint density at radius 1 is 1.09 bits per heavy atom. The van der Waals surface area contributed by atoms with Gasteiger partial charge in [0.15, 0.2) is 11.6 Å². The first-order valence-electron chi connectivity index (χ1n) is 8.02. The Morgan fingerprint density at radius 2 is 1.91 bits per heavy atom. The van der Waals surface area contributed by atoms with Crippen molar-refractivity contribution >= 4 is 23.0 Å². The van der Waals surface area contributed by atoms with Gasteiger partial charge in [0.2, 0.25) is 0 Å². The van der Waals surface area contributed by atoms with E-state index in [1.165, 1.54) is 37.6 Å². The predicted molar refractivity (Wildman–Crippen MR) is 93.6 cm³/mol. The van der Waals surface area contributed by atoms with Gasteiger partial charge in [-0.3, -0.25) is 4.98 Å². The molecule has 0 saturated heterocycles. The number of hydrogen-bond acceptors (Lipinski definition) is 6. The Balaban J connectivity index is 1.61. The highest BCUT2D eigenvalue weighted by Crippen LogP contribution is 2.26. The molecule has 120 valence electrons. The molecule has 23 heavy (non-hydrogen) atoms. The summed E-state index contributed by atoms with van der Waals surface area (Å²) in [6.07, 6.45) is 13.4. The van der Waals surface area contributed by atoms with Gasteiger partial charge in [0.05, 0.1) is 0 Å². The van der Waals surface area contributed by atoms with E-state index in [0.717, 1.165) is 18.7 Å². The van der Waals surface area contributed by atoms with Crippen molar-refractivity contribution in [2.75, 3.05) is 22.9 Å². The topological polar surface area (TPSA) is 88.8 Å². The number of anilines is 4. The van der Waals surface area contributed by atoms with Crippen LogP contribution in [0.5, 0.6) is 0 Å². The zero-order chi connectivity index (χ0) is 15.9. The third-order valence-electron chi connectivity index (χ3n) is 3.95. The number of rotatable bonds is 6. The van der Waals surface area contributed by atoms with E-state index in [9.17, 15) is 0 Å². The third-order valence-corrected chi connectivity index (χ3v) is 3.95. The van der Waals surface area contributed by atoms with Crippen molar-refractivity contribution in [1.82, 2.24) is 15.0 Å². The Morgan fingerprint density at radius 3 is 2.70 bits per heavy atom. The minimum Gasteiger partial charge on any atom is -0.393 e. The first-order chi connectivity index (χ1) is 11.3. The summed E-state index contributed by atoms with van der Waals surface area (Å²) in [6, 6.07) is 3.73. The van der Waals surface area contributed by atoms with E-state index in [1.807, 2.05) is 12.1 Å². The quantitative estimate of drug-likeness (QED) is 0.708. The van der Waals surface area contributed by atoms with Crippen molar-refractivity contribution in [3.63, 3.8) is 0 Å². The number of nitrogen functional groups attached to an aromatic ring is 1. The maximum absolute atomic E-state index is 6.17. The molecule has 2 aromatic rings. The maximum atomic E-state index is 6.17. The van der Waals surface area contributed by atoms with Crippen molar-refractivity contribution in [3.05, 3.63) is 42.5 Å². The number of nitrogens with zero attached hydrogens (tertiary/aromatic N) is 3. The van der Waals surface area contributed by atoms with Crippen LogP contribution >= 0.6 is 0 Å². The van der Waals surface area contributed by atoms with Crippen LogP contribution in [0.4, 0.5) is 23.0 Å². The van der Waals surface area contributed by atoms with Gasteiger partial charge in [0, 0.05) is 24.6 Å². The molecule has 0 radical (unpaired) electrons. The van der Waals surface area contributed by atoms with Crippen molar-refractivity contribution < 1.29 is 0 Å². The Labute approximate surface area is 136 Å². The lowest BCUT2D eigenvalue weighted by Crippen LogP contribution is -2.10. The number of nitrogens with one attached hydrogen (secondary N) is 2. The monoisotopic (exact) mass is 310 g/mol. The van der Waals surface area contributed by atoms with Gasteiger partial charge in [0.25, 0.3) is 0 Å². The first kappa shape index (κ1) is 15.3. The molecule has 4 N–H and O–H groups in total. The van der Waals surface area contributed by atoms with Crippen LogP contribution in [0.2, 0.25) is 0 Å². The molecule has 0 bridgehead atoms. The molecular weight excluding hydrogens is 288 g/mol. The fourth-order valence-corrected chi connectivity index (χ4v) is 2.68.